The van der Waals surface area contributed by atoms with Crippen molar-refractivity contribution < 1.29 is 23.8 Å². The maximum atomic E-state index is 11.7. The fourth-order valence-corrected chi connectivity index (χ4v) is 2.18. The first-order valence-corrected chi connectivity index (χ1v) is 8.54. The summed E-state index contributed by atoms with van der Waals surface area (Å²) in [6.07, 6.45) is 2.76. The van der Waals surface area contributed by atoms with Crippen LogP contribution in [0.3, 0.4) is 0 Å². The number of carbonyl (C=O) groups excluding carboxylic acids is 2. The van der Waals surface area contributed by atoms with Crippen molar-refractivity contribution in [3.63, 3.8) is 0 Å². The zero-order valence-corrected chi connectivity index (χ0v) is 15.6. The van der Waals surface area contributed by atoms with E-state index in [0.29, 0.717) is 12.2 Å². The lowest BCUT2D eigenvalue weighted by Crippen LogP contribution is -2.26. The summed E-state index contributed by atoms with van der Waals surface area (Å²) < 4.78 is 15.2. The van der Waals surface area contributed by atoms with Crippen molar-refractivity contribution in [3.05, 3.63) is 29.8 Å². The molecule has 25 heavy (non-hydrogen) atoms. The Labute approximate surface area is 149 Å². The summed E-state index contributed by atoms with van der Waals surface area (Å²) in [7, 11) is 1.37. The molecular formula is C19H29NO5. The first-order valence-electron chi connectivity index (χ1n) is 8.54. The highest BCUT2D eigenvalue weighted by molar-refractivity contribution is 5.95. The molecule has 0 aliphatic heterocycles. The maximum Gasteiger partial charge on any atom is 0.339 e. The van der Waals surface area contributed by atoms with E-state index >= 15 is 0 Å². The van der Waals surface area contributed by atoms with Crippen LogP contribution in [0.1, 0.15) is 50.4 Å². The lowest BCUT2D eigenvalue weighted by Gasteiger charge is -2.19. The third kappa shape index (κ3) is 9.10. The minimum atomic E-state index is -0.480. The van der Waals surface area contributed by atoms with E-state index in [1.54, 1.807) is 12.1 Å². The van der Waals surface area contributed by atoms with Gasteiger partial charge in [-0.1, -0.05) is 12.1 Å². The Morgan fingerprint density at radius 2 is 1.80 bits per heavy atom. The van der Waals surface area contributed by atoms with Crippen molar-refractivity contribution in [3.8, 4) is 0 Å². The third-order valence-electron chi connectivity index (χ3n) is 3.25. The third-order valence-corrected chi connectivity index (χ3v) is 3.25. The van der Waals surface area contributed by atoms with E-state index in [1.165, 1.54) is 7.11 Å². The number of benzene rings is 1. The van der Waals surface area contributed by atoms with Crippen molar-refractivity contribution in [2.45, 2.75) is 45.6 Å². The molecule has 1 aromatic rings. The maximum absolute atomic E-state index is 11.7. The average molecular weight is 351 g/mol. The predicted octanol–water partition coefficient (Wildman–Crippen LogP) is 3.41. The summed E-state index contributed by atoms with van der Waals surface area (Å²) in [5.41, 5.74) is 0.827. The van der Waals surface area contributed by atoms with E-state index in [1.807, 2.05) is 32.9 Å². The minimum absolute atomic E-state index is 0.0119. The van der Waals surface area contributed by atoms with Crippen LogP contribution in [-0.2, 0) is 19.0 Å². The van der Waals surface area contributed by atoms with Gasteiger partial charge in [0.1, 0.15) is 12.2 Å². The monoisotopic (exact) mass is 351 g/mol. The molecule has 0 unspecified atom stereocenters. The van der Waals surface area contributed by atoms with Crippen LogP contribution in [0.4, 0.5) is 5.69 Å². The molecular weight excluding hydrogens is 322 g/mol. The smallest absolute Gasteiger partial charge is 0.339 e. The molecule has 0 saturated heterocycles. The highest BCUT2D eigenvalue weighted by atomic mass is 16.6. The summed E-state index contributed by atoms with van der Waals surface area (Å²) in [6.45, 7) is 6.75. The SMILES string of the molecule is COC(=O)c1ccccc1NCCCCCOCC(=O)OC(C)(C)C. The van der Waals surface area contributed by atoms with E-state index in [0.717, 1.165) is 31.5 Å². The van der Waals surface area contributed by atoms with Crippen molar-refractivity contribution in [1.82, 2.24) is 0 Å². The van der Waals surface area contributed by atoms with Gasteiger partial charge in [0, 0.05) is 18.8 Å². The van der Waals surface area contributed by atoms with Gasteiger partial charge >= 0.3 is 11.9 Å². The Balaban J connectivity index is 2.13. The Hall–Kier alpha value is -2.08. The number of hydrogen-bond acceptors (Lipinski definition) is 6. The number of anilines is 1. The van der Waals surface area contributed by atoms with Gasteiger partial charge in [-0.2, -0.15) is 0 Å². The molecule has 6 heteroatoms. The average Bonchev–Trinajstić information content (AvgIpc) is 2.55. The Morgan fingerprint density at radius 1 is 1.08 bits per heavy atom. The molecule has 0 spiro atoms. The molecule has 0 bridgehead atoms. The van der Waals surface area contributed by atoms with Crippen LogP contribution < -0.4 is 5.32 Å². The van der Waals surface area contributed by atoms with Gasteiger partial charge in [-0.15, -0.1) is 0 Å². The number of para-hydroxylation sites is 1. The van der Waals surface area contributed by atoms with Gasteiger partial charge in [-0.05, 0) is 52.2 Å². The first-order chi connectivity index (χ1) is 11.8. The topological polar surface area (TPSA) is 73.9 Å². The molecule has 0 heterocycles. The number of hydrogen-bond donors (Lipinski definition) is 1. The first kappa shape index (κ1) is 21.0. The number of carbonyl (C=O) groups is 2. The second-order valence-electron chi connectivity index (χ2n) is 6.66. The van der Waals surface area contributed by atoms with E-state index in [2.05, 4.69) is 5.32 Å². The number of esters is 2. The zero-order valence-electron chi connectivity index (χ0n) is 15.6. The van der Waals surface area contributed by atoms with Crippen molar-refractivity contribution in [2.24, 2.45) is 0 Å². The van der Waals surface area contributed by atoms with Gasteiger partial charge in [0.25, 0.3) is 0 Å². The molecule has 0 saturated carbocycles. The predicted molar refractivity (Wildman–Crippen MR) is 96.8 cm³/mol. The number of nitrogens with one attached hydrogen (secondary N) is 1. The standard InChI is InChI=1S/C19H29NO5/c1-19(2,3)25-17(21)14-24-13-9-5-8-12-20-16-11-7-6-10-15(16)18(22)23-4/h6-7,10-11,20H,5,8-9,12-14H2,1-4H3. The molecule has 0 aliphatic carbocycles. The lowest BCUT2D eigenvalue weighted by atomic mass is 10.1. The van der Waals surface area contributed by atoms with Gasteiger partial charge in [-0.25, -0.2) is 9.59 Å². The largest absolute Gasteiger partial charge is 0.465 e. The second-order valence-corrected chi connectivity index (χ2v) is 6.66. The zero-order chi connectivity index (χ0) is 18.7. The molecule has 140 valence electrons. The van der Waals surface area contributed by atoms with Crippen LogP contribution >= 0.6 is 0 Å². The Morgan fingerprint density at radius 3 is 2.48 bits per heavy atom. The molecule has 0 aliphatic rings. The highest BCUT2D eigenvalue weighted by Gasteiger charge is 2.15. The molecule has 0 radical (unpaired) electrons. The Bertz CT molecular complexity index is 551. The summed E-state index contributed by atoms with van der Waals surface area (Å²) >= 11 is 0. The fourth-order valence-electron chi connectivity index (χ4n) is 2.18. The van der Waals surface area contributed by atoms with Crippen LogP contribution in [0.5, 0.6) is 0 Å². The van der Waals surface area contributed by atoms with Gasteiger partial charge in [0.15, 0.2) is 0 Å². The minimum Gasteiger partial charge on any atom is -0.465 e. The van der Waals surface area contributed by atoms with Crippen LogP contribution in [-0.4, -0.2) is 44.4 Å². The molecule has 6 nitrogen and oxygen atoms in total. The van der Waals surface area contributed by atoms with Crippen LogP contribution in [0.15, 0.2) is 24.3 Å². The Kier molecular flexibility index (Phi) is 8.99. The second kappa shape index (κ2) is 10.7. The molecule has 1 aromatic carbocycles. The summed E-state index contributed by atoms with van der Waals surface area (Å²) in [5.74, 6) is -0.688. The van der Waals surface area contributed by atoms with Gasteiger partial charge < -0.3 is 19.5 Å². The van der Waals surface area contributed by atoms with Crippen LogP contribution in [0.25, 0.3) is 0 Å². The molecule has 0 amide bonds. The fraction of sp³-hybridized carbons (Fsp3) is 0.579. The highest BCUT2D eigenvalue weighted by Crippen LogP contribution is 2.16. The number of rotatable bonds is 10. The molecule has 0 fully saturated rings. The normalized spacial score (nSPS) is 11.0. The van der Waals surface area contributed by atoms with E-state index in [4.69, 9.17) is 14.2 Å². The summed E-state index contributed by atoms with van der Waals surface area (Å²) in [4.78, 5) is 23.1. The van der Waals surface area contributed by atoms with Crippen molar-refractivity contribution in [1.29, 1.82) is 0 Å². The lowest BCUT2D eigenvalue weighted by molar-refractivity contribution is -0.160. The van der Waals surface area contributed by atoms with Crippen LogP contribution in [0.2, 0.25) is 0 Å². The number of unbranched alkanes of at least 4 members (excludes halogenated alkanes) is 2. The molecule has 0 aromatic heterocycles. The van der Waals surface area contributed by atoms with E-state index in [-0.39, 0.29) is 18.5 Å². The summed E-state index contributed by atoms with van der Waals surface area (Å²) in [6, 6.07) is 7.27. The van der Waals surface area contributed by atoms with Gasteiger partial charge in [0.05, 0.1) is 12.7 Å². The van der Waals surface area contributed by atoms with Crippen molar-refractivity contribution >= 4 is 17.6 Å². The molecule has 1 N–H and O–H groups in total. The van der Waals surface area contributed by atoms with E-state index < -0.39 is 5.60 Å². The van der Waals surface area contributed by atoms with Crippen molar-refractivity contribution in [2.75, 3.05) is 32.2 Å². The summed E-state index contributed by atoms with van der Waals surface area (Å²) in [5, 5.41) is 3.25. The van der Waals surface area contributed by atoms with Crippen LogP contribution in [0, 0.1) is 0 Å². The van der Waals surface area contributed by atoms with Gasteiger partial charge in [0.2, 0.25) is 0 Å². The number of ether oxygens (including phenoxy) is 3. The quantitative estimate of drug-likeness (QED) is 0.514. The molecule has 0 atom stereocenters. The molecule has 1 rings (SSSR count). The van der Waals surface area contributed by atoms with Gasteiger partial charge in [-0.3, -0.25) is 0 Å². The van der Waals surface area contributed by atoms with E-state index in [9.17, 15) is 9.59 Å². The number of methoxy groups -OCH3 is 1.